The molecule has 98 valence electrons. The van der Waals surface area contributed by atoms with Crippen LogP contribution < -0.4 is 5.32 Å². The largest absolute Gasteiger partial charge is 0.313 e. The summed E-state index contributed by atoms with van der Waals surface area (Å²) in [5, 5.41) is 3.51. The Morgan fingerprint density at radius 3 is 2.56 bits per heavy atom. The van der Waals surface area contributed by atoms with E-state index >= 15 is 0 Å². The number of benzene rings is 1. The fourth-order valence-electron chi connectivity index (χ4n) is 3.05. The third-order valence-electron chi connectivity index (χ3n) is 4.72. The molecule has 18 heavy (non-hydrogen) atoms. The fourth-order valence-corrected chi connectivity index (χ4v) is 3.05. The van der Waals surface area contributed by atoms with E-state index in [9.17, 15) is 8.78 Å². The first-order valence-electron chi connectivity index (χ1n) is 6.81. The van der Waals surface area contributed by atoms with E-state index in [1.807, 2.05) is 0 Å². The van der Waals surface area contributed by atoms with Crippen molar-refractivity contribution in [3.05, 3.63) is 35.4 Å². The Hall–Kier alpha value is -0.960. The van der Waals surface area contributed by atoms with Gasteiger partial charge in [-0.25, -0.2) is 8.78 Å². The van der Waals surface area contributed by atoms with Crippen LogP contribution in [-0.4, -0.2) is 12.6 Å². The van der Waals surface area contributed by atoms with E-state index in [0.717, 1.165) is 25.5 Å². The van der Waals surface area contributed by atoms with Gasteiger partial charge in [-0.2, -0.15) is 0 Å². The number of rotatable bonds is 4. The van der Waals surface area contributed by atoms with Crippen LogP contribution in [0.5, 0.6) is 0 Å². The predicted molar refractivity (Wildman–Crippen MR) is 67.5 cm³/mol. The van der Waals surface area contributed by atoms with Crippen molar-refractivity contribution in [1.82, 2.24) is 5.32 Å². The Morgan fingerprint density at radius 1 is 1.28 bits per heavy atom. The molecule has 0 amide bonds. The van der Waals surface area contributed by atoms with Gasteiger partial charge in [-0.1, -0.05) is 13.0 Å². The molecule has 3 rings (SSSR count). The maximum atomic E-state index is 14.0. The molecule has 2 fully saturated rings. The van der Waals surface area contributed by atoms with E-state index in [1.165, 1.54) is 18.9 Å². The van der Waals surface area contributed by atoms with Crippen molar-refractivity contribution in [1.29, 1.82) is 0 Å². The molecule has 2 unspecified atom stereocenters. The van der Waals surface area contributed by atoms with Crippen LogP contribution in [0.25, 0.3) is 0 Å². The summed E-state index contributed by atoms with van der Waals surface area (Å²) >= 11 is 0. The number of hydrogen-bond donors (Lipinski definition) is 1. The number of halogens is 2. The first-order valence-corrected chi connectivity index (χ1v) is 6.81. The van der Waals surface area contributed by atoms with Crippen molar-refractivity contribution < 1.29 is 8.78 Å². The van der Waals surface area contributed by atoms with Gasteiger partial charge in [0.25, 0.3) is 0 Å². The summed E-state index contributed by atoms with van der Waals surface area (Å²) < 4.78 is 27.0. The van der Waals surface area contributed by atoms with E-state index in [4.69, 9.17) is 0 Å². The van der Waals surface area contributed by atoms with Crippen LogP contribution in [0.4, 0.5) is 8.78 Å². The van der Waals surface area contributed by atoms with Gasteiger partial charge in [-0.05, 0) is 43.2 Å². The third kappa shape index (κ3) is 1.95. The lowest BCUT2D eigenvalue weighted by molar-refractivity contribution is 0.128. The number of nitrogens with one attached hydrogen (secondary N) is 1. The van der Waals surface area contributed by atoms with Crippen molar-refractivity contribution >= 4 is 0 Å². The van der Waals surface area contributed by atoms with Crippen LogP contribution >= 0.6 is 0 Å². The average Bonchev–Trinajstić information content (AvgIpc) is 3.14. The quantitative estimate of drug-likeness (QED) is 0.865. The van der Waals surface area contributed by atoms with E-state index in [-0.39, 0.29) is 11.2 Å². The molecule has 1 aromatic carbocycles. The molecule has 0 spiro atoms. The lowest BCUT2D eigenvalue weighted by Gasteiger charge is -2.49. The molecule has 0 aliphatic heterocycles. The minimum Gasteiger partial charge on any atom is -0.313 e. The topological polar surface area (TPSA) is 12.0 Å². The first kappa shape index (κ1) is 12.1. The van der Waals surface area contributed by atoms with E-state index < -0.39 is 5.82 Å². The summed E-state index contributed by atoms with van der Waals surface area (Å²) in [5.41, 5.74) is 0.566. The smallest absolute Gasteiger partial charge is 0.129 e. The van der Waals surface area contributed by atoms with Crippen molar-refractivity contribution in [2.75, 3.05) is 6.54 Å². The van der Waals surface area contributed by atoms with Crippen molar-refractivity contribution in [3.63, 3.8) is 0 Å². The maximum Gasteiger partial charge on any atom is 0.129 e. The zero-order valence-electron chi connectivity index (χ0n) is 10.7. The Morgan fingerprint density at radius 2 is 2.06 bits per heavy atom. The molecule has 2 aliphatic rings. The minimum atomic E-state index is -0.492. The second-order valence-corrected chi connectivity index (χ2v) is 5.88. The third-order valence-corrected chi connectivity index (χ3v) is 4.72. The van der Waals surface area contributed by atoms with Gasteiger partial charge < -0.3 is 5.32 Å². The molecule has 1 N–H and O–H groups in total. The molecule has 2 saturated carbocycles. The predicted octanol–water partition coefficient (Wildman–Crippen LogP) is 3.38. The highest BCUT2D eigenvalue weighted by molar-refractivity contribution is 5.32. The molecule has 0 heterocycles. The summed E-state index contributed by atoms with van der Waals surface area (Å²) in [5.74, 6) is -0.420. The number of hydrogen-bond acceptors (Lipinski definition) is 1. The molecule has 1 nitrogen and oxygen atoms in total. The highest BCUT2D eigenvalue weighted by atomic mass is 19.1. The van der Waals surface area contributed by atoms with Gasteiger partial charge in [0.15, 0.2) is 0 Å². The van der Waals surface area contributed by atoms with Gasteiger partial charge in [0.05, 0.1) is 0 Å². The van der Waals surface area contributed by atoms with Crippen LogP contribution in [0.1, 0.15) is 38.2 Å². The SMILES string of the molecule is CC1CCC1(CNC1CC1)c1ccc(F)cc1F. The molecule has 0 bridgehead atoms. The zero-order chi connectivity index (χ0) is 12.8. The summed E-state index contributed by atoms with van der Waals surface area (Å²) in [6.45, 7) is 2.99. The molecule has 2 atom stereocenters. The molecule has 0 saturated heterocycles. The first-order chi connectivity index (χ1) is 8.62. The molecule has 2 aliphatic carbocycles. The highest BCUT2D eigenvalue weighted by Crippen LogP contribution is 2.49. The van der Waals surface area contributed by atoms with E-state index in [1.54, 1.807) is 6.07 Å². The van der Waals surface area contributed by atoms with E-state index in [2.05, 4.69) is 12.2 Å². The second kappa shape index (κ2) is 4.30. The molecular weight excluding hydrogens is 232 g/mol. The van der Waals surface area contributed by atoms with Crippen LogP contribution in [0.15, 0.2) is 18.2 Å². The maximum absolute atomic E-state index is 14.0. The van der Waals surface area contributed by atoms with Crippen molar-refractivity contribution in [2.24, 2.45) is 5.92 Å². The summed E-state index contributed by atoms with van der Waals surface area (Å²) in [7, 11) is 0. The van der Waals surface area contributed by atoms with Gasteiger partial charge in [-0.15, -0.1) is 0 Å². The second-order valence-electron chi connectivity index (χ2n) is 5.88. The Labute approximate surface area is 107 Å². The van der Waals surface area contributed by atoms with Gasteiger partial charge in [0.1, 0.15) is 11.6 Å². The average molecular weight is 251 g/mol. The van der Waals surface area contributed by atoms with Crippen molar-refractivity contribution in [3.8, 4) is 0 Å². The molecule has 3 heteroatoms. The molecular formula is C15H19F2N. The summed E-state index contributed by atoms with van der Waals surface area (Å²) in [4.78, 5) is 0. The van der Waals surface area contributed by atoms with Crippen LogP contribution in [0.2, 0.25) is 0 Å². The lowest BCUT2D eigenvalue weighted by Crippen LogP contribution is -2.51. The van der Waals surface area contributed by atoms with E-state index in [0.29, 0.717) is 17.5 Å². The monoisotopic (exact) mass is 251 g/mol. The Balaban J connectivity index is 1.87. The standard InChI is InChI=1S/C15H19F2N/c1-10-6-7-15(10,9-18-12-3-4-12)13-5-2-11(16)8-14(13)17/h2,5,8,10,12,18H,3-4,6-7,9H2,1H3. The van der Waals surface area contributed by atoms with Gasteiger partial charge in [0, 0.05) is 24.1 Å². The Bertz CT molecular complexity index is 456. The fraction of sp³-hybridized carbons (Fsp3) is 0.600. The zero-order valence-corrected chi connectivity index (χ0v) is 10.7. The van der Waals surface area contributed by atoms with Gasteiger partial charge in [0.2, 0.25) is 0 Å². The van der Waals surface area contributed by atoms with Gasteiger partial charge in [-0.3, -0.25) is 0 Å². The highest BCUT2D eigenvalue weighted by Gasteiger charge is 2.47. The van der Waals surface area contributed by atoms with Crippen LogP contribution in [0.3, 0.4) is 0 Å². The normalized spacial score (nSPS) is 31.2. The lowest BCUT2D eigenvalue weighted by atomic mass is 9.57. The Kier molecular flexibility index (Phi) is 2.89. The van der Waals surface area contributed by atoms with Gasteiger partial charge >= 0.3 is 0 Å². The molecule has 1 aromatic rings. The summed E-state index contributed by atoms with van der Waals surface area (Å²) in [6.07, 6.45) is 4.59. The minimum absolute atomic E-state index is 0.125. The van der Waals surface area contributed by atoms with Crippen LogP contribution in [-0.2, 0) is 5.41 Å². The van der Waals surface area contributed by atoms with Crippen LogP contribution in [0, 0.1) is 17.6 Å². The molecule has 0 aromatic heterocycles. The molecule has 0 radical (unpaired) electrons. The summed E-state index contributed by atoms with van der Waals surface area (Å²) in [6, 6.07) is 4.65. The van der Waals surface area contributed by atoms with Crippen molar-refractivity contribution in [2.45, 2.75) is 44.1 Å².